The lowest BCUT2D eigenvalue weighted by Gasteiger charge is -2.26. The Balaban J connectivity index is 1.71. The smallest absolute Gasteiger partial charge is 0.316 e. The molecular weight excluding hydrogens is 506 g/mol. The van der Waals surface area contributed by atoms with E-state index in [4.69, 9.17) is 0 Å². The van der Waals surface area contributed by atoms with Crippen LogP contribution in [0.2, 0.25) is 0 Å². The Bertz CT molecular complexity index is 1060. The van der Waals surface area contributed by atoms with Crippen LogP contribution in [0, 0.1) is 5.92 Å². The lowest BCUT2D eigenvalue weighted by Crippen LogP contribution is -2.38. The van der Waals surface area contributed by atoms with Gasteiger partial charge in [-0.25, -0.2) is 8.42 Å². The van der Waals surface area contributed by atoms with E-state index in [9.17, 15) is 39.6 Å². The van der Waals surface area contributed by atoms with Crippen molar-refractivity contribution in [3.63, 3.8) is 0 Å². The number of carbonyl (C=O) groups is 1. The minimum Gasteiger partial charge on any atom is -0.316 e. The lowest BCUT2D eigenvalue weighted by molar-refractivity contribution is -0.143. The van der Waals surface area contributed by atoms with Gasteiger partial charge < -0.3 is 4.90 Å². The summed E-state index contributed by atoms with van der Waals surface area (Å²) in [5.41, 5.74) is -3.52. The molecule has 3 aliphatic rings. The molecule has 2 aliphatic heterocycles. The van der Waals surface area contributed by atoms with E-state index >= 15 is 0 Å². The van der Waals surface area contributed by atoms with Crippen LogP contribution in [0.4, 0.5) is 32.0 Å². The predicted molar refractivity (Wildman–Crippen MR) is 116 cm³/mol. The number of aliphatic imine (C=N–C) groups is 1. The van der Waals surface area contributed by atoms with Gasteiger partial charge in [0, 0.05) is 17.4 Å². The van der Waals surface area contributed by atoms with Crippen molar-refractivity contribution in [2.24, 2.45) is 10.9 Å². The third kappa shape index (κ3) is 5.55. The standard InChI is InChI=1S/C21H22F6N2O3S2/c22-20(23,24)13-7-14(21(25,26)27)9-15(8-13)29-16-10-34(31,32)11-17(16)33-19(29)28-18(30)6-5-12-3-1-2-4-12/h7-9,12,16-17H,1-6,10-11H2/t16-,17+/m1/s1. The zero-order valence-electron chi connectivity index (χ0n) is 17.8. The number of halogens is 6. The number of amides is 1. The number of benzene rings is 1. The largest absolute Gasteiger partial charge is 0.416 e. The molecule has 5 nitrogen and oxygen atoms in total. The first-order chi connectivity index (χ1) is 15.7. The average molecular weight is 529 g/mol. The first-order valence-corrected chi connectivity index (χ1v) is 13.5. The van der Waals surface area contributed by atoms with Crippen molar-refractivity contribution in [3.05, 3.63) is 29.3 Å². The van der Waals surface area contributed by atoms with Gasteiger partial charge in [-0.1, -0.05) is 37.4 Å². The molecule has 1 saturated carbocycles. The summed E-state index contributed by atoms with van der Waals surface area (Å²) in [5, 5.41) is -0.705. The van der Waals surface area contributed by atoms with Crippen LogP contribution >= 0.6 is 11.8 Å². The Kier molecular flexibility index (Phi) is 6.73. The van der Waals surface area contributed by atoms with E-state index in [-0.39, 0.29) is 23.4 Å². The highest BCUT2D eigenvalue weighted by Gasteiger charge is 2.50. The summed E-state index contributed by atoms with van der Waals surface area (Å²) in [6.07, 6.45) is -5.18. The van der Waals surface area contributed by atoms with Crippen molar-refractivity contribution in [2.75, 3.05) is 16.4 Å². The number of amidine groups is 1. The number of anilines is 1. The summed E-state index contributed by atoms with van der Waals surface area (Å²) in [6.45, 7) is 0. The number of fused-ring (bicyclic) bond motifs is 1. The van der Waals surface area contributed by atoms with E-state index in [1.807, 2.05) is 0 Å². The van der Waals surface area contributed by atoms with E-state index in [1.54, 1.807) is 0 Å². The van der Waals surface area contributed by atoms with Crippen molar-refractivity contribution in [1.29, 1.82) is 0 Å². The zero-order valence-corrected chi connectivity index (χ0v) is 19.5. The van der Waals surface area contributed by atoms with Crippen LogP contribution in [-0.2, 0) is 27.0 Å². The molecule has 4 rings (SSSR count). The molecule has 0 unspecified atom stereocenters. The maximum atomic E-state index is 13.4. The highest BCUT2D eigenvalue weighted by atomic mass is 32.2. The van der Waals surface area contributed by atoms with E-state index < -0.39 is 62.0 Å². The van der Waals surface area contributed by atoms with Gasteiger partial charge in [0.2, 0.25) is 5.91 Å². The van der Waals surface area contributed by atoms with Gasteiger partial charge in [0.05, 0.1) is 28.7 Å². The van der Waals surface area contributed by atoms with Crippen molar-refractivity contribution in [2.45, 2.75) is 62.2 Å². The van der Waals surface area contributed by atoms with Crippen LogP contribution in [0.1, 0.15) is 49.7 Å². The highest BCUT2D eigenvalue weighted by molar-refractivity contribution is 8.16. The molecule has 1 aromatic carbocycles. The maximum Gasteiger partial charge on any atom is 0.416 e. The number of nitrogens with zero attached hydrogens (tertiary/aromatic N) is 2. The molecule has 1 aliphatic carbocycles. The lowest BCUT2D eigenvalue weighted by atomic mass is 10.0. The quantitative estimate of drug-likeness (QED) is 0.497. The number of rotatable bonds is 4. The third-order valence-corrected chi connectivity index (χ3v) is 9.59. The zero-order chi connectivity index (χ0) is 24.9. The van der Waals surface area contributed by atoms with Crippen LogP contribution in [-0.4, -0.2) is 42.3 Å². The van der Waals surface area contributed by atoms with Gasteiger partial charge in [-0.15, -0.1) is 0 Å². The summed E-state index contributed by atoms with van der Waals surface area (Å²) >= 11 is 0.913. The van der Waals surface area contributed by atoms with Crippen LogP contribution in [0.15, 0.2) is 23.2 Å². The van der Waals surface area contributed by atoms with Gasteiger partial charge in [0.1, 0.15) is 0 Å². The van der Waals surface area contributed by atoms with Gasteiger partial charge in [-0.05, 0) is 30.5 Å². The number of sulfone groups is 1. The molecule has 1 aromatic rings. The molecule has 0 N–H and O–H groups in total. The fourth-order valence-corrected chi connectivity index (χ4v) is 8.66. The van der Waals surface area contributed by atoms with Gasteiger partial charge in [0.15, 0.2) is 15.0 Å². The molecule has 3 fully saturated rings. The van der Waals surface area contributed by atoms with E-state index in [0.717, 1.165) is 42.3 Å². The Labute approximate surface area is 196 Å². The average Bonchev–Trinajstić information content (AvgIpc) is 3.39. The number of hydrogen-bond acceptors (Lipinski definition) is 4. The molecular formula is C21H22F6N2O3S2. The second-order valence-electron chi connectivity index (χ2n) is 8.91. The molecule has 2 heterocycles. The number of hydrogen-bond donors (Lipinski definition) is 0. The van der Waals surface area contributed by atoms with Crippen molar-refractivity contribution < 1.29 is 39.6 Å². The van der Waals surface area contributed by atoms with Gasteiger partial charge in [-0.3, -0.25) is 4.79 Å². The van der Waals surface area contributed by atoms with Crippen molar-refractivity contribution in [1.82, 2.24) is 0 Å². The second kappa shape index (κ2) is 9.03. The highest BCUT2D eigenvalue weighted by Crippen LogP contribution is 2.44. The molecule has 2 saturated heterocycles. The van der Waals surface area contributed by atoms with Crippen molar-refractivity contribution >= 4 is 38.4 Å². The first kappa shape index (κ1) is 25.3. The van der Waals surface area contributed by atoms with E-state index in [0.29, 0.717) is 24.5 Å². The molecule has 13 heteroatoms. The summed E-state index contributed by atoms with van der Waals surface area (Å²) in [6, 6.07) is 0.184. The monoisotopic (exact) mass is 528 g/mol. The number of carbonyl (C=O) groups excluding carboxylic acids is 1. The molecule has 188 valence electrons. The van der Waals surface area contributed by atoms with Crippen LogP contribution in [0.3, 0.4) is 0 Å². The fraction of sp³-hybridized carbons (Fsp3) is 0.619. The summed E-state index contributed by atoms with van der Waals surface area (Å²) in [5.74, 6) is -0.861. The Morgan fingerprint density at radius 2 is 1.59 bits per heavy atom. The molecule has 0 bridgehead atoms. The van der Waals surface area contributed by atoms with E-state index in [1.165, 1.54) is 0 Å². The second-order valence-corrected chi connectivity index (χ2v) is 12.3. The third-order valence-electron chi connectivity index (χ3n) is 6.38. The van der Waals surface area contributed by atoms with E-state index in [2.05, 4.69) is 4.99 Å². The van der Waals surface area contributed by atoms with Crippen molar-refractivity contribution in [3.8, 4) is 0 Å². The normalized spacial score (nSPS) is 26.4. The summed E-state index contributed by atoms with van der Waals surface area (Å²) in [4.78, 5) is 17.6. The molecule has 1 amide bonds. The van der Waals surface area contributed by atoms with Crippen LogP contribution in [0.5, 0.6) is 0 Å². The Morgan fingerprint density at radius 3 is 2.15 bits per heavy atom. The van der Waals surface area contributed by atoms with Crippen LogP contribution in [0.25, 0.3) is 0 Å². The molecule has 34 heavy (non-hydrogen) atoms. The minimum atomic E-state index is -5.06. The molecule has 0 spiro atoms. The number of thioether (sulfide) groups is 1. The predicted octanol–water partition coefficient (Wildman–Crippen LogP) is 5.30. The minimum absolute atomic E-state index is 0.0131. The topological polar surface area (TPSA) is 66.8 Å². The number of alkyl halides is 6. The van der Waals surface area contributed by atoms with Gasteiger partial charge >= 0.3 is 12.4 Å². The Hall–Kier alpha value is -1.76. The maximum absolute atomic E-state index is 13.4. The summed E-state index contributed by atoms with van der Waals surface area (Å²) in [7, 11) is -3.54. The molecule has 0 radical (unpaired) electrons. The van der Waals surface area contributed by atoms with Gasteiger partial charge in [-0.2, -0.15) is 31.3 Å². The molecule has 2 atom stereocenters. The fourth-order valence-electron chi connectivity index (χ4n) is 4.73. The molecule has 0 aromatic heterocycles. The Morgan fingerprint density at radius 1 is 1.00 bits per heavy atom. The van der Waals surface area contributed by atoms with Crippen LogP contribution < -0.4 is 4.90 Å². The summed E-state index contributed by atoms with van der Waals surface area (Å²) < 4.78 is 105. The SMILES string of the molecule is O=C(CCC1CCCC1)N=C1S[C@H]2CS(=O)(=O)C[C@H]2N1c1cc(C(F)(F)F)cc(C(F)(F)F)c1. The first-order valence-electron chi connectivity index (χ1n) is 10.8. The van der Waals surface area contributed by atoms with Gasteiger partial charge in [0.25, 0.3) is 0 Å².